The molecule has 1 aromatic heterocycles. The molecule has 0 saturated carbocycles. The Labute approximate surface area is 135 Å². The fourth-order valence-corrected chi connectivity index (χ4v) is 2.49. The second kappa shape index (κ2) is 7.68. The molecule has 0 amide bonds. The Morgan fingerprint density at radius 3 is 2.79 bits per heavy atom. The van der Waals surface area contributed by atoms with Crippen LogP contribution in [-0.4, -0.2) is 69.4 Å². The van der Waals surface area contributed by atoms with Crippen molar-refractivity contribution < 1.29 is 29.6 Å². The second-order valence-electron chi connectivity index (χ2n) is 5.26. The predicted molar refractivity (Wildman–Crippen MR) is 78.5 cm³/mol. The van der Waals surface area contributed by atoms with Crippen molar-refractivity contribution in [2.24, 2.45) is 0 Å². The lowest BCUT2D eigenvalue weighted by molar-refractivity contribution is -0.136. The minimum atomic E-state index is -1.16. The van der Waals surface area contributed by atoms with Crippen molar-refractivity contribution in [2.75, 3.05) is 20.3 Å². The maximum atomic E-state index is 12.0. The van der Waals surface area contributed by atoms with Crippen LogP contribution >= 0.6 is 0 Å². The fraction of sp³-hybridized carbons (Fsp3) is 0.615. The number of nitrogens with one attached hydrogen (secondary N) is 2. The first-order valence-electron chi connectivity index (χ1n) is 7.13. The molecule has 2 rings (SSSR count). The fourth-order valence-electron chi connectivity index (χ4n) is 2.49. The van der Waals surface area contributed by atoms with E-state index in [0.717, 1.165) is 4.57 Å². The van der Waals surface area contributed by atoms with Crippen LogP contribution in [0.15, 0.2) is 15.8 Å². The summed E-state index contributed by atoms with van der Waals surface area (Å²) in [4.78, 5) is 36.4. The van der Waals surface area contributed by atoms with Crippen LogP contribution in [-0.2, 0) is 20.8 Å². The van der Waals surface area contributed by atoms with Crippen LogP contribution in [0.25, 0.3) is 0 Å². The molecule has 2 unspecified atom stereocenters. The van der Waals surface area contributed by atoms with E-state index >= 15 is 0 Å². The van der Waals surface area contributed by atoms with E-state index in [-0.39, 0.29) is 18.7 Å². The van der Waals surface area contributed by atoms with E-state index in [4.69, 9.17) is 14.6 Å². The summed E-state index contributed by atoms with van der Waals surface area (Å²) in [6.07, 6.45) is -2.86. The first-order valence-corrected chi connectivity index (χ1v) is 7.13. The number of methoxy groups -OCH3 is 1. The summed E-state index contributed by atoms with van der Waals surface area (Å²) in [5.41, 5.74) is -1.34. The normalized spacial score (nSPS) is 26.6. The molecule has 11 heteroatoms. The number of carboxylic acids is 1. The molecule has 0 aliphatic carbocycles. The van der Waals surface area contributed by atoms with Gasteiger partial charge >= 0.3 is 11.7 Å². The molecular formula is C13H19N3O8. The van der Waals surface area contributed by atoms with E-state index < -0.39 is 48.4 Å². The highest BCUT2D eigenvalue weighted by Gasteiger charge is 2.45. The van der Waals surface area contributed by atoms with Gasteiger partial charge in [0.05, 0.1) is 13.2 Å². The number of rotatable bonds is 7. The van der Waals surface area contributed by atoms with Crippen molar-refractivity contribution in [3.8, 4) is 0 Å². The highest BCUT2D eigenvalue weighted by molar-refractivity contribution is 5.68. The Hall–Kier alpha value is -2.05. The predicted octanol–water partition coefficient (Wildman–Crippen LogP) is -3.02. The number of aromatic amines is 1. The number of hydrogen-bond acceptors (Lipinski definition) is 8. The number of aliphatic hydroxyl groups excluding tert-OH is 2. The number of aromatic nitrogens is 2. The van der Waals surface area contributed by atoms with Crippen molar-refractivity contribution in [1.82, 2.24) is 14.9 Å². The van der Waals surface area contributed by atoms with Crippen molar-refractivity contribution in [3.05, 3.63) is 32.6 Å². The summed E-state index contributed by atoms with van der Waals surface area (Å²) in [7, 11) is 1.32. The number of hydrogen-bond donors (Lipinski definition) is 5. The van der Waals surface area contributed by atoms with E-state index in [1.807, 2.05) is 0 Å². The molecule has 0 spiro atoms. The van der Waals surface area contributed by atoms with Crippen LogP contribution in [0.1, 0.15) is 11.8 Å². The zero-order valence-corrected chi connectivity index (χ0v) is 12.8. The molecule has 5 N–H and O–H groups in total. The number of aliphatic carboxylic acids is 1. The van der Waals surface area contributed by atoms with Gasteiger partial charge in [0.15, 0.2) is 6.23 Å². The lowest BCUT2D eigenvalue weighted by atomic mass is 10.1. The summed E-state index contributed by atoms with van der Waals surface area (Å²) in [6, 6.07) is 0. The molecule has 2 heterocycles. The minimum Gasteiger partial charge on any atom is -0.480 e. The molecule has 1 saturated heterocycles. The van der Waals surface area contributed by atoms with Gasteiger partial charge in [0, 0.05) is 25.4 Å². The van der Waals surface area contributed by atoms with Crippen molar-refractivity contribution in [1.29, 1.82) is 0 Å². The lowest BCUT2D eigenvalue weighted by Gasteiger charge is -2.20. The van der Waals surface area contributed by atoms with Crippen LogP contribution in [0, 0.1) is 0 Å². The number of ether oxygens (including phenoxy) is 2. The molecule has 11 nitrogen and oxygen atoms in total. The monoisotopic (exact) mass is 345 g/mol. The Morgan fingerprint density at radius 2 is 2.21 bits per heavy atom. The van der Waals surface area contributed by atoms with E-state index in [1.54, 1.807) is 0 Å². The van der Waals surface area contributed by atoms with Crippen molar-refractivity contribution in [2.45, 2.75) is 31.1 Å². The molecule has 1 aliphatic heterocycles. The van der Waals surface area contributed by atoms with Gasteiger partial charge in [0.25, 0.3) is 5.56 Å². The molecule has 1 fully saturated rings. The number of carboxylic acid groups (broad SMARTS) is 1. The third kappa shape index (κ3) is 3.71. The summed E-state index contributed by atoms with van der Waals surface area (Å²) < 4.78 is 11.6. The Bertz CT molecular complexity index is 699. The smallest absolute Gasteiger partial charge is 0.330 e. The number of carbonyl (C=O) groups is 1. The third-order valence-corrected chi connectivity index (χ3v) is 3.67. The van der Waals surface area contributed by atoms with Gasteiger partial charge in [-0.25, -0.2) is 4.79 Å². The SMILES string of the molecule is COC1C(O)[C@H](CO)O[C@@H]1n1cc(CNCC(=O)O)c(=O)[nH]c1=O. The molecule has 0 aromatic carbocycles. The summed E-state index contributed by atoms with van der Waals surface area (Å²) in [5.74, 6) is -1.09. The Balaban J connectivity index is 2.31. The van der Waals surface area contributed by atoms with Crippen LogP contribution in [0.4, 0.5) is 0 Å². The van der Waals surface area contributed by atoms with E-state index in [0.29, 0.717) is 0 Å². The van der Waals surface area contributed by atoms with Crippen molar-refractivity contribution in [3.63, 3.8) is 0 Å². The second-order valence-corrected chi connectivity index (χ2v) is 5.26. The van der Waals surface area contributed by atoms with E-state index in [1.165, 1.54) is 13.3 Å². The summed E-state index contributed by atoms with van der Waals surface area (Å²) in [5, 5.41) is 30.4. The maximum absolute atomic E-state index is 12.0. The Kier molecular flexibility index (Phi) is 5.85. The molecule has 134 valence electrons. The van der Waals surface area contributed by atoms with Crippen LogP contribution in [0.5, 0.6) is 0 Å². The standard InChI is InChI=1S/C13H19N3O8/c1-23-10-9(20)7(5-17)24-12(10)16-4-6(2-14-3-8(18)19)11(21)15-13(16)22/h4,7,9-10,12,14,17,20H,2-3,5H2,1H3,(H,18,19)(H,15,21,22)/t7-,9?,10?,12-/m0/s1. The quantitative estimate of drug-likeness (QED) is 0.346. The average Bonchev–Trinajstić information content (AvgIpc) is 2.84. The summed E-state index contributed by atoms with van der Waals surface area (Å²) >= 11 is 0. The van der Waals surface area contributed by atoms with Gasteiger partial charge in [0.1, 0.15) is 18.3 Å². The lowest BCUT2D eigenvalue weighted by Crippen LogP contribution is -2.40. The first kappa shape index (κ1) is 18.3. The van der Waals surface area contributed by atoms with Gasteiger partial charge in [0.2, 0.25) is 0 Å². The first-order chi connectivity index (χ1) is 11.4. The van der Waals surface area contributed by atoms with Crippen LogP contribution in [0.3, 0.4) is 0 Å². The van der Waals surface area contributed by atoms with Gasteiger partial charge < -0.3 is 30.1 Å². The zero-order valence-electron chi connectivity index (χ0n) is 12.8. The molecule has 0 bridgehead atoms. The summed E-state index contributed by atoms with van der Waals surface area (Å²) in [6.45, 7) is -0.911. The van der Waals surface area contributed by atoms with Gasteiger partial charge in [-0.05, 0) is 0 Å². The van der Waals surface area contributed by atoms with E-state index in [2.05, 4.69) is 10.3 Å². The number of aliphatic hydroxyl groups is 2. The van der Waals surface area contributed by atoms with Gasteiger partial charge in [-0.2, -0.15) is 0 Å². The molecule has 4 atom stereocenters. The molecule has 1 aromatic rings. The average molecular weight is 345 g/mol. The van der Waals surface area contributed by atoms with Gasteiger partial charge in [-0.1, -0.05) is 0 Å². The molecule has 24 heavy (non-hydrogen) atoms. The number of nitrogens with zero attached hydrogens (tertiary/aromatic N) is 1. The highest BCUT2D eigenvalue weighted by atomic mass is 16.6. The number of H-pyrrole nitrogens is 1. The zero-order chi connectivity index (χ0) is 17.9. The van der Waals surface area contributed by atoms with Gasteiger partial charge in [-0.3, -0.25) is 19.1 Å². The molecule has 1 aliphatic rings. The molecular weight excluding hydrogens is 326 g/mol. The highest BCUT2D eigenvalue weighted by Crippen LogP contribution is 2.30. The largest absolute Gasteiger partial charge is 0.480 e. The topological polar surface area (TPSA) is 163 Å². The maximum Gasteiger partial charge on any atom is 0.330 e. The van der Waals surface area contributed by atoms with Crippen LogP contribution < -0.4 is 16.6 Å². The van der Waals surface area contributed by atoms with Crippen molar-refractivity contribution >= 4 is 5.97 Å². The minimum absolute atomic E-state index is 0.0851. The van der Waals surface area contributed by atoms with Gasteiger partial charge in [-0.15, -0.1) is 0 Å². The van der Waals surface area contributed by atoms with E-state index in [9.17, 15) is 24.6 Å². The van der Waals surface area contributed by atoms with Crippen LogP contribution in [0.2, 0.25) is 0 Å². The Morgan fingerprint density at radius 1 is 1.50 bits per heavy atom. The molecule has 0 radical (unpaired) electrons. The third-order valence-electron chi connectivity index (χ3n) is 3.67.